The molecule has 12 heteroatoms. The van der Waals surface area contributed by atoms with Gasteiger partial charge in [-0.05, 0) is 56.1 Å². The van der Waals surface area contributed by atoms with Crippen molar-refractivity contribution in [1.82, 2.24) is 25.6 Å². The van der Waals surface area contributed by atoms with E-state index in [0.29, 0.717) is 32.2 Å². The number of aromatic nitrogens is 1. The van der Waals surface area contributed by atoms with Crippen molar-refractivity contribution in [1.29, 1.82) is 0 Å². The summed E-state index contributed by atoms with van der Waals surface area (Å²) in [5, 5.41) is 9.62. The fourth-order valence-corrected chi connectivity index (χ4v) is 6.02. The Morgan fingerprint density at radius 1 is 1.00 bits per heavy atom. The Bertz CT molecular complexity index is 1360. The first-order valence-corrected chi connectivity index (χ1v) is 15.6. The Kier molecular flexibility index (Phi) is 11.2. The Morgan fingerprint density at radius 2 is 1.73 bits per heavy atom. The maximum absolute atomic E-state index is 14.0. The molecule has 0 bridgehead atoms. The van der Waals surface area contributed by atoms with E-state index in [1.807, 2.05) is 38.1 Å². The fraction of sp³-hybridized carbons (Fsp3) is 0.594. The van der Waals surface area contributed by atoms with Crippen LogP contribution in [0.25, 0.3) is 10.9 Å². The summed E-state index contributed by atoms with van der Waals surface area (Å²) in [4.78, 5) is 73.7. The molecule has 0 aliphatic carbocycles. The number of ether oxygens (including phenoxy) is 1. The number of hydrogen-bond donors (Lipinski definition) is 3. The molecule has 2 fully saturated rings. The Morgan fingerprint density at radius 3 is 2.45 bits per heavy atom. The molecule has 3 N–H and O–H groups in total. The smallest absolute Gasteiger partial charge is 0.302 e. The number of fused-ring (bicyclic) bond motifs is 2. The second-order valence-electron chi connectivity index (χ2n) is 11.8. The van der Waals surface area contributed by atoms with Crippen LogP contribution in [0.1, 0.15) is 71.3 Å². The highest BCUT2D eigenvalue weighted by Gasteiger charge is 2.40. The van der Waals surface area contributed by atoms with Crippen molar-refractivity contribution in [3.63, 3.8) is 0 Å². The second kappa shape index (κ2) is 15.1. The second-order valence-corrected chi connectivity index (χ2v) is 11.8. The van der Waals surface area contributed by atoms with Gasteiger partial charge < -0.3 is 30.4 Å². The van der Waals surface area contributed by atoms with Crippen molar-refractivity contribution in [2.24, 2.45) is 5.92 Å². The molecule has 4 amide bonds. The Hall–Kier alpha value is -4.09. The third kappa shape index (κ3) is 7.70. The van der Waals surface area contributed by atoms with E-state index in [-0.39, 0.29) is 43.2 Å². The summed E-state index contributed by atoms with van der Waals surface area (Å²) < 4.78 is 6.62. The maximum atomic E-state index is 14.0. The van der Waals surface area contributed by atoms with Crippen molar-refractivity contribution in [3.8, 4) is 0 Å². The molecule has 4 rings (SSSR count). The molecule has 0 radical (unpaired) electrons. The van der Waals surface area contributed by atoms with Gasteiger partial charge in [0.1, 0.15) is 31.3 Å². The number of rotatable bonds is 10. The van der Waals surface area contributed by atoms with E-state index in [1.165, 1.54) is 6.92 Å². The lowest BCUT2D eigenvalue weighted by Gasteiger charge is -2.39. The lowest BCUT2D eigenvalue weighted by atomic mass is 9.93. The molecular weight excluding hydrogens is 566 g/mol. The van der Waals surface area contributed by atoms with Crippen LogP contribution < -0.4 is 20.8 Å². The van der Waals surface area contributed by atoms with Gasteiger partial charge in [-0.1, -0.05) is 38.5 Å². The first-order valence-electron chi connectivity index (χ1n) is 15.6. The Balaban J connectivity index is 1.68. The minimum absolute atomic E-state index is 0.134. The average Bonchev–Trinajstić information content (AvgIpc) is 3.38. The van der Waals surface area contributed by atoms with Crippen LogP contribution >= 0.6 is 0 Å². The zero-order valence-electron chi connectivity index (χ0n) is 26.1. The fourth-order valence-electron chi connectivity index (χ4n) is 6.02. The standard InChI is InChI=1S/C32H45N5O7/c1-5-20(2)28-32(42)36-16-10-8-15-27(36)31(41)33-24(13-9-11-17-44-21(3)38)29(39)34-25(30(40)35-28)18-22-19-37(43-4)26-14-7-6-12-23(22)26/h6-7,12,14,19-20,24-25,27-28H,5,8-11,13,15-18H2,1-4H3,(H,33,41)(H,34,39)(H,35,40)/t20?,24-,25-,27?,28-/m0/s1. The summed E-state index contributed by atoms with van der Waals surface area (Å²) >= 11 is 0. The lowest BCUT2D eigenvalue weighted by Crippen LogP contribution is -2.64. The third-order valence-corrected chi connectivity index (χ3v) is 8.71. The molecule has 0 spiro atoms. The zero-order valence-corrected chi connectivity index (χ0v) is 26.1. The van der Waals surface area contributed by atoms with Crippen molar-refractivity contribution in [2.45, 2.75) is 96.3 Å². The van der Waals surface area contributed by atoms with E-state index in [2.05, 4.69) is 16.0 Å². The number of amides is 4. The molecule has 240 valence electrons. The molecule has 1 aromatic carbocycles. The zero-order chi connectivity index (χ0) is 31.8. The van der Waals surface area contributed by atoms with Crippen LogP contribution in [-0.4, -0.2) is 83.7 Å². The minimum Gasteiger partial charge on any atom is -0.466 e. The van der Waals surface area contributed by atoms with Gasteiger partial charge in [0.2, 0.25) is 23.6 Å². The van der Waals surface area contributed by atoms with Crippen LogP contribution in [0.15, 0.2) is 30.5 Å². The summed E-state index contributed by atoms with van der Waals surface area (Å²) in [7, 11) is 1.55. The summed E-state index contributed by atoms with van der Waals surface area (Å²) in [6.45, 7) is 5.79. The molecule has 12 nitrogen and oxygen atoms in total. The van der Waals surface area contributed by atoms with E-state index in [0.717, 1.165) is 29.3 Å². The highest BCUT2D eigenvalue weighted by atomic mass is 16.6. The molecule has 1 aromatic heterocycles. The minimum atomic E-state index is -1.03. The van der Waals surface area contributed by atoms with Gasteiger partial charge in [-0.2, -0.15) is 4.73 Å². The van der Waals surface area contributed by atoms with E-state index in [4.69, 9.17) is 9.57 Å². The lowest BCUT2D eigenvalue weighted by molar-refractivity contribution is -0.147. The number of esters is 1. The first kappa shape index (κ1) is 32.8. The van der Waals surface area contributed by atoms with E-state index in [9.17, 15) is 24.0 Å². The SMILES string of the molecule is CCC(C)[C@@H]1NC(=O)[C@H](Cc2cn(OC)c3ccccc23)NC(=O)[C@H](CCCCOC(C)=O)NC(=O)C2CCCCN2C1=O. The number of piperidine rings is 1. The largest absolute Gasteiger partial charge is 0.466 e. The number of hydrogen-bond acceptors (Lipinski definition) is 7. The maximum Gasteiger partial charge on any atom is 0.302 e. The molecule has 2 aliphatic rings. The highest BCUT2D eigenvalue weighted by Crippen LogP contribution is 2.24. The third-order valence-electron chi connectivity index (χ3n) is 8.71. The summed E-state index contributed by atoms with van der Waals surface area (Å²) in [6, 6.07) is 4.04. The van der Waals surface area contributed by atoms with Gasteiger partial charge in [0.25, 0.3) is 0 Å². The quantitative estimate of drug-likeness (QED) is 0.274. The summed E-state index contributed by atoms with van der Waals surface area (Å²) in [5.41, 5.74) is 1.59. The topological polar surface area (TPSA) is 148 Å². The van der Waals surface area contributed by atoms with Gasteiger partial charge >= 0.3 is 5.97 Å². The molecular formula is C32H45N5O7. The highest BCUT2D eigenvalue weighted by molar-refractivity contribution is 5.98. The van der Waals surface area contributed by atoms with Gasteiger partial charge in [-0.15, -0.1) is 0 Å². The number of unbranched alkanes of at least 4 members (excludes halogenated alkanes) is 1. The predicted octanol–water partition coefficient (Wildman–Crippen LogP) is 1.87. The van der Waals surface area contributed by atoms with Crippen LogP contribution in [0.3, 0.4) is 0 Å². The van der Waals surface area contributed by atoms with E-state index >= 15 is 0 Å². The molecule has 5 atom stereocenters. The normalized spacial score (nSPS) is 23.9. The molecule has 2 aliphatic heterocycles. The van der Waals surface area contributed by atoms with Gasteiger partial charge in [0, 0.05) is 31.5 Å². The number of nitrogens with zero attached hydrogens (tertiary/aromatic N) is 2. The van der Waals surface area contributed by atoms with Crippen LogP contribution in [-0.2, 0) is 35.1 Å². The van der Waals surface area contributed by atoms with Gasteiger partial charge in [-0.3, -0.25) is 24.0 Å². The van der Waals surface area contributed by atoms with Crippen molar-refractivity contribution < 1.29 is 33.5 Å². The van der Waals surface area contributed by atoms with Crippen molar-refractivity contribution >= 4 is 40.5 Å². The average molecular weight is 612 g/mol. The van der Waals surface area contributed by atoms with Crippen LogP contribution in [0.4, 0.5) is 0 Å². The van der Waals surface area contributed by atoms with Crippen LogP contribution in [0, 0.1) is 5.92 Å². The molecule has 0 saturated carbocycles. The number of para-hydroxylation sites is 1. The van der Waals surface area contributed by atoms with Crippen LogP contribution in [0.2, 0.25) is 0 Å². The van der Waals surface area contributed by atoms with Crippen molar-refractivity contribution in [2.75, 3.05) is 20.3 Å². The van der Waals surface area contributed by atoms with Gasteiger partial charge in [0.05, 0.1) is 12.1 Å². The molecule has 2 saturated heterocycles. The first-order chi connectivity index (χ1) is 21.1. The number of carbonyl (C=O) groups excluding carboxylic acids is 5. The number of benzene rings is 1. The van der Waals surface area contributed by atoms with Gasteiger partial charge in [-0.25, -0.2) is 0 Å². The van der Waals surface area contributed by atoms with Gasteiger partial charge in [0.15, 0.2) is 0 Å². The Labute approximate surface area is 258 Å². The van der Waals surface area contributed by atoms with Crippen LogP contribution in [0.5, 0.6) is 0 Å². The molecule has 3 heterocycles. The number of nitrogens with one attached hydrogen (secondary N) is 3. The molecule has 2 unspecified atom stereocenters. The van der Waals surface area contributed by atoms with Crippen molar-refractivity contribution in [3.05, 3.63) is 36.0 Å². The number of carbonyl (C=O) groups is 5. The predicted molar refractivity (Wildman–Crippen MR) is 163 cm³/mol. The summed E-state index contributed by atoms with van der Waals surface area (Å²) in [6.07, 6.45) is 5.83. The summed E-state index contributed by atoms with van der Waals surface area (Å²) in [5.74, 6) is -2.21. The monoisotopic (exact) mass is 611 g/mol. The van der Waals surface area contributed by atoms with E-state index < -0.39 is 36.0 Å². The van der Waals surface area contributed by atoms with E-state index in [1.54, 1.807) is 22.9 Å². The molecule has 44 heavy (non-hydrogen) atoms. The molecule has 2 aromatic rings.